The second-order valence-electron chi connectivity index (χ2n) is 9.73. The molecule has 39 heavy (non-hydrogen) atoms. The van der Waals surface area contributed by atoms with E-state index in [0.717, 1.165) is 35.7 Å². The molecule has 8 nitrogen and oxygen atoms in total. The molecule has 0 bridgehead atoms. The van der Waals surface area contributed by atoms with Crippen molar-refractivity contribution in [3.8, 4) is 11.1 Å². The monoisotopic (exact) mass is 544 g/mol. The first-order valence-electron chi connectivity index (χ1n) is 12.2. The fraction of sp³-hybridized carbons (Fsp3) is 0.333. The lowest BCUT2D eigenvalue weighted by Crippen LogP contribution is -2.51. The molecule has 204 valence electrons. The van der Waals surface area contributed by atoms with Gasteiger partial charge in [-0.25, -0.2) is 14.1 Å². The Morgan fingerprint density at radius 1 is 1.15 bits per heavy atom. The Kier molecular flexibility index (Phi) is 6.44. The highest BCUT2D eigenvalue weighted by Gasteiger charge is 2.58. The molecule has 1 spiro atoms. The van der Waals surface area contributed by atoms with E-state index in [-0.39, 0.29) is 12.0 Å². The highest BCUT2D eigenvalue weighted by atomic mass is 19.4. The number of alkyl halides is 3. The van der Waals surface area contributed by atoms with Crippen molar-refractivity contribution in [3.05, 3.63) is 77.4 Å². The number of fused-ring (bicyclic) bond motifs is 2. The molecule has 1 saturated heterocycles. The van der Waals surface area contributed by atoms with Crippen LogP contribution in [0.5, 0.6) is 0 Å². The van der Waals surface area contributed by atoms with E-state index in [9.17, 15) is 31.9 Å². The second kappa shape index (κ2) is 9.51. The Labute approximate surface area is 220 Å². The van der Waals surface area contributed by atoms with Crippen LogP contribution >= 0.6 is 0 Å². The van der Waals surface area contributed by atoms with E-state index in [1.54, 1.807) is 30.1 Å². The molecular weight excluding hydrogens is 520 g/mol. The molecule has 0 unspecified atom stereocenters. The van der Waals surface area contributed by atoms with Gasteiger partial charge in [0.25, 0.3) is 5.91 Å². The molecule has 3 amide bonds. The number of carbonyl (C=O) groups is 3. The summed E-state index contributed by atoms with van der Waals surface area (Å²) in [5.74, 6) is -2.48. The number of aromatic nitrogens is 2. The highest BCUT2D eigenvalue weighted by Crippen LogP contribution is 2.46. The third-order valence-corrected chi connectivity index (χ3v) is 7.22. The van der Waals surface area contributed by atoms with Crippen molar-refractivity contribution in [2.24, 2.45) is 7.05 Å². The van der Waals surface area contributed by atoms with Crippen LogP contribution in [0.3, 0.4) is 0 Å². The number of rotatable bonds is 6. The number of nitrogens with zero attached hydrogens (tertiary/aromatic N) is 4. The zero-order chi connectivity index (χ0) is 28.1. The lowest BCUT2D eigenvalue weighted by Gasteiger charge is -2.31. The number of benzene rings is 2. The minimum atomic E-state index is -4.77. The van der Waals surface area contributed by atoms with Gasteiger partial charge in [-0.3, -0.25) is 14.3 Å². The fourth-order valence-corrected chi connectivity index (χ4v) is 5.03. The van der Waals surface area contributed by atoms with Crippen molar-refractivity contribution in [2.45, 2.75) is 44.1 Å². The molecule has 1 fully saturated rings. The average Bonchev–Trinajstić information content (AvgIpc) is 3.55. The SMILES string of the molecule is C[C@H](N(Cc1ccc(F)cc1)C(=O)CN1C(=O)O[C@]2(CCc3cc(-c4cnn(C)c4)ccc32)C1=O)C(F)(F)F. The van der Waals surface area contributed by atoms with E-state index in [4.69, 9.17) is 4.74 Å². The van der Waals surface area contributed by atoms with E-state index >= 15 is 0 Å². The molecule has 2 aliphatic rings. The predicted molar refractivity (Wildman–Crippen MR) is 129 cm³/mol. The van der Waals surface area contributed by atoms with E-state index in [1.165, 1.54) is 12.1 Å². The summed E-state index contributed by atoms with van der Waals surface area (Å²) in [6, 6.07) is 7.77. The van der Waals surface area contributed by atoms with Crippen LogP contribution in [0.4, 0.5) is 22.4 Å². The summed E-state index contributed by atoms with van der Waals surface area (Å²) in [6.07, 6.45) is -1.78. The zero-order valence-corrected chi connectivity index (χ0v) is 21.0. The maximum Gasteiger partial charge on any atom is 0.418 e. The molecule has 2 aromatic carbocycles. The van der Waals surface area contributed by atoms with Gasteiger partial charge in [0.05, 0.1) is 6.20 Å². The number of hydrogen-bond donors (Lipinski definition) is 0. The molecule has 12 heteroatoms. The number of hydrogen-bond acceptors (Lipinski definition) is 5. The third-order valence-electron chi connectivity index (χ3n) is 7.22. The molecule has 0 radical (unpaired) electrons. The predicted octanol–water partition coefficient (Wildman–Crippen LogP) is 4.33. The van der Waals surface area contributed by atoms with Crippen LogP contribution in [0.2, 0.25) is 0 Å². The van der Waals surface area contributed by atoms with Gasteiger partial charge in [0, 0.05) is 37.3 Å². The van der Waals surface area contributed by atoms with E-state index in [0.29, 0.717) is 21.8 Å². The number of aryl methyl sites for hydroxylation is 2. The van der Waals surface area contributed by atoms with E-state index in [1.807, 2.05) is 12.3 Å². The Morgan fingerprint density at radius 3 is 2.51 bits per heavy atom. The molecule has 1 aliphatic carbocycles. The fourth-order valence-electron chi connectivity index (χ4n) is 5.03. The first kappa shape index (κ1) is 26.4. The van der Waals surface area contributed by atoms with Gasteiger partial charge in [-0.2, -0.15) is 18.3 Å². The minimum Gasteiger partial charge on any atom is -0.427 e. The Hall–Kier alpha value is -4.22. The largest absolute Gasteiger partial charge is 0.427 e. The smallest absolute Gasteiger partial charge is 0.418 e. The zero-order valence-electron chi connectivity index (χ0n) is 21.0. The van der Waals surface area contributed by atoms with Gasteiger partial charge < -0.3 is 9.64 Å². The molecule has 2 heterocycles. The summed E-state index contributed by atoms with van der Waals surface area (Å²) in [5, 5.41) is 4.15. The molecule has 3 aromatic rings. The Morgan fingerprint density at radius 2 is 1.87 bits per heavy atom. The summed E-state index contributed by atoms with van der Waals surface area (Å²) >= 11 is 0. The van der Waals surface area contributed by atoms with Crippen LogP contribution in [0.1, 0.15) is 30.0 Å². The molecule has 0 saturated carbocycles. The Balaban J connectivity index is 1.39. The van der Waals surface area contributed by atoms with E-state index in [2.05, 4.69) is 5.10 Å². The quantitative estimate of drug-likeness (QED) is 0.432. The van der Waals surface area contributed by atoms with Crippen molar-refractivity contribution < 1.29 is 36.7 Å². The average molecular weight is 545 g/mol. The number of carbonyl (C=O) groups excluding carboxylic acids is 3. The standard InChI is InChI=1S/C27H24F4N4O4/c1-16(27(29,30)31)34(13-17-3-6-21(28)7-4-17)23(36)15-35-24(37)26(39-25(35)38)10-9-19-11-18(5-8-22(19)26)20-12-32-33(2)14-20/h3-8,11-12,14,16H,9-10,13,15H2,1-2H3/t16-,26-/m0/s1. The number of halogens is 4. The van der Waals surface area contributed by atoms with Gasteiger partial charge in [-0.1, -0.05) is 30.3 Å². The van der Waals surface area contributed by atoms with Crippen LogP contribution in [-0.2, 0) is 39.9 Å². The van der Waals surface area contributed by atoms with Gasteiger partial charge >= 0.3 is 12.3 Å². The highest BCUT2D eigenvalue weighted by molar-refractivity contribution is 6.06. The lowest BCUT2D eigenvalue weighted by molar-refractivity contribution is -0.187. The number of ether oxygens (including phenoxy) is 1. The second-order valence-corrected chi connectivity index (χ2v) is 9.73. The van der Waals surface area contributed by atoms with Crippen LogP contribution in [0, 0.1) is 5.82 Å². The first-order chi connectivity index (χ1) is 18.4. The summed E-state index contributed by atoms with van der Waals surface area (Å²) in [5.41, 5.74) is 1.60. The molecule has 1 aliphatic heterocycles. The van der Waals surface area contributed by atoms with Gasteiger partial charge in [0.1, 0.15) is 18.4 Å². The van der Waals surface area contributed by atoms with Crippen LogP contribution in [-0.4, -0.2) is 56.3 Å². The lowest BCUT2D eigenvalue weighted by atomic mass is 9.93. The van der Waals surface area contributed by atoms with E-state index < -0.39 is 54.6 Å². The first-order valence-corrected chi connectivity index (χ1v) is 12.2. The number of amides is 3. The molecular formula is C27H24F4N4O4. The van der Waals surface area contributed by atoms with Crippen molar-refractivity contribution in [1.82, 2.24) is 19.6 Å². The minimum absolute atomic E-state index is 0.145. The third kappa shape index (κ3) is 4.75. The van der Waals surface area contributed by atoms with Crippen molar-refractivity contribution in [1.29, 1.82) is 0 Å². The normalized spacial score (nSPS) is 19.4. The van der Waals surface area contributed by atoms with Crippen LogP contribution < -0.4 is 0 Å². The summed E-state index contributed by atoms with van der Waals surface area (Å²) in [6.45, 7) is -0.619. The van der Waals surface area contributed by atoms with Crippen molar-refractivity contribution in [3.63, 3.8) is 0 Å². The van der Waals surface area contributed by atoms with Crippen molar-refractivity contribution in [2.75, 3.05) is 6.54 Å². The number of imide groups is 1. The topological polar surface area (TPSA) is 84.7 Å². The van der Waals surface area contributed by atoms with Gasteiger partial charge in [0.15, 0.2) is 0 Å². The molecule has 2 atom stereocenters. The Bertz CT molecular complexity index is 1450. The van der Waals surface area contributed by atoms with Crippen molar-refractivity contribution >= 4 is 17.9 Å². The summed E-state index contributed by atoms with van der Waals surface area (Å²) in [7, 11) is 1.79. The maximum absolute atomic E-state index is 13.6. The molecule has 1 aromatic heterocycles. The van der Waals surface area contributed by atoms with Gasteiger partial charge in [-0.05, 0) is 42.2 Å². The van der Waals surface area contributed by atoms with Gasteiger partial charge in [0.2, 0.25) is 11.5 Å². The maximum atomic E-state index is 13.6. The van der Waals surface area contributed by atoms with Crippen LogP contribution in [0.15, 0.2) is 54.9 Å². The van der Waals surface area contributed by atoms with Crippen LogP contribution in [0.25, 0.3) is 11.1 Å². The summed E-state index contributed by atoms with van der Waals surface area (Å²) < 4.78 is 61.4. The molecule has 0 N–H and O–H groups in total. The van der Waals surface area contributed by atoms with Gasteiger partial charge in [-0.15, -0.1) is 0 Å². The molecule has 5 rings (SSSR count). The summed E-state index contributed by atoms with van der Waals surface area (Å²) in [4.78, 5) is 40.5.